The lowest BCUT2D eigenvalue weighted by atomic mass is 10.1. The summed E-state index contributed by atoms with van der Waals surface area (Å²) in [7, 11) is 1.51. The zero-order valence-corrected chi connectivity index (χ0v) is 12.4. The summed E-state index contributed by atoms with van der Waals surface area (Å²) in [5.74, 6) is -0.533. The Morgan fingerprint density at radius 3 is 2.72 bits per heavy atom. The SMILES string of the molecule is COc1ccsc1C(Cl)c1cc(F)c(Br)cc1F. The van der Waals surface area contributed by atoms with E-state index in [-0.39, 0.29) is 10.0 Å². The molecule has 6 heteroatoms. The summed E-state index contributed by atoms with van der Waals surface area (Å²) in [5, 5.41) is 1.01. The van der Waals surface area contributed by atoms with Crippen molar-refractivity contribution in [2.24, 2.45) is 0 Å². The number of hydrogen-bond acceptors (Lipinski definition) is 2. The number of benzene rings is 1. The van der Waals surface area contributed by atoms with Crippen LogP contribution in [-0.4, -0.2) is 7.11 Å². The van der Waals surface area contributed by atoms with E-state index < -0.39 is 17.0 Å². The van der Waals surface area contributed by atoms with E-state index in [1.54, 1.807) is 11.4 Å². The Balaban J connectivity index is 2.46. The fourth-order valence-corrected chi connectivity index (χ4v) is 3.13. The van der Waals surface area contributed by atoms with Crippen molar-refractivity contribution >= 4 is 38.9 Å². The Morgan fingerprint density at radius 2 is 2.06 bits per heavy atom. The summed E-state index contributed by atoms with van der Waals surface area (Å²) >= 11 is 10.5. The van der Waals surface area contributed by atoms with Crippen LogP contribution in [0.15, 0.2) is 28.1 Å². The lowest BCUT2D eigenvalue weighted by molar-refractivity contribution is 0.412. The van der Waals surface area contributed by atoms with Crippen LogP contribution in [0.25, 0.3) is 0 Å². The Morgan fingerprint density at radius 1 is 1.33 bits per heavy atom. The molecule has 1 unspecified atom stereocenters. The molecule has 0 spiro atoms. The van der Waals surface area contributed by atoms with Gasteiger partial charge >= 0.3 is 0 Å². The van der Waals surface area contributed by atoms with Crippen LogP contribution >= 0.6 is 38.9 Å². The number of rotatable bonds is 3. The number of halogens is 4. The monoisotopic (exact) mass is 352 g/mol. The van der Waals surface area contributed by atoms with Crippen LogP contribution in [0.2, 0.25) is 0 Å². The van der Waals surface area contributed by atoms with Crippen LogP contribution in [0.5, 0.6) is 5.75 Å². The molecule has 0 amide bonds. The van der Waals surface area contributed by atoms with E-state index in [4.69, 9.17) is 16.3 Å². The van der Waals surface area contributed by atoms with Crippen LogP contribution < -0.4 is 4.74 Å². The number of methoxy groups -OCH3 is 1. The third-order valence-electron chi connectivity index (χ3n) is 2.42. The van der Waals surface area contributed by atoms with Gasteiger partial charge in [-0.2, -0.15) is 0 Å². The average molecular weight is 354 g/mol. The fraction of sp³-hybridized carbons (Fsp3) is 0.167. The molecule has 2 aromatic rings. The van der Waals surface area contributed by atoms with Crippen LogP contribution in [0.4, 0.5) is 8.78 Å². The molecule has 1 nitrogen and oxygen atoms in total. The minimum Gasteiger partial charge on any atom is -0.496 e. The van der Waals surface area contributed by atoms with Crippen molar-refractivity contribution < 1.29 is 13.5 Å². The van der Waals surface area contributed by atoms with Gasteiger partial charge in [0.2, 0.25) is 0 Å². The molecule has 0 N–H and O–H groups in total. The van der Waals surface area contributed by atoms with Gasteiger partial charge in [-0.3, -0.25) is 0 Å². The van der Waals surface area contributed by atoms with Crippen molar-refractivity contribution in [3.8, 4) is 5.75 Å². The van der Waals surface area contributed by atoms with E-state index in [0.717, 1.165) is 12.1 Å². The van der Waals surface area contributed by atoms with Crippen molar-refractivity contribution in [2.45, 2.75) is 5.38 Å². The molecule has 0 fully saturated rings. The second-order valence-corrected chi connectivity index (χ2v) is 5.74. The first-order valence-electron chi connectivity index (χ1n) is 4.94. The van der Waals surface area contributed by atoms with Gasteiger partial charge in [0.1, 0.15) is 17.4 Å². The van der Waals surface area contributed by atoms with Crippen LogP contribution in [0.3, 0.4) is 0 Å². The first-order valence-corrected chi connectivity index (χ1v) is 7.05. The van der Waals surface area contributed by atoms with E-state index in [9.17, 15) is 8.78 Å². The maximum absolute atomic E-state index is 13.8. The van der Waals surface area contributed by atoms with Crippen LogP contribution in [0.1, 0.15) is 15.8 Å². The first kappa shape index (κ1) is 13.8. The van der Waals surface area contributed by atoms with E-state index in [2.05, 4.69) is 15.9 Å². The molecule has 1 aromatic heterocycles. The molecule has 1 heterocycles. The van der Waals surface area contributed by atoms with Crippen LogP contribution in [-0.2, 0) is 0 Å². The molecular weight excluding hydrogens is 346 g/mol. The van der Waals surface area contributed by atoms with Gasteiger partial charge in [0, 0.05) is 5.56 Å². The standard InChI is InChI=1S/C12H8BrClF2OS/c1-17-10-2-3-18-12(10)11(14)6-4-9(16)7(13)5-8(6)15/h2-5,11H,1H3. The second-order valence-electron chi connectivity index (χ2n) is 3.50. The summed E-state index contributed by atoms with van der Waals surface area (Å²) < 4.78 is 32.4. The van der Waals surface area contributed by atoms with Gasteiger partial charge in [-0.25, -0.2) is 8.78 Å². The van der Waals surface area contributed by atoms with Crippen molar-refractivity contribution in [1.82, 2.24) is 0 Å². The predicted octanol–water partition coefficient (Wildman–Crippen LogP) is 5.13. The van der Waals surface area contributed by atoms with E-state index in [1.807, 2.05) is 0 Å². The largest absolute Gasteiger partial charge is 0.496 e. The van der Waals surface area contributed by atoms with Gasteiger partial charge in [0.05, 0.1) is 21.8 Å². The van der Waals surface area contributed by atoms with E-state index >= 15 is 0 Å². The van der Waals surface area contributed by atoms with Gasteiger partial charge in [0.15, 0.2) is 0 Å². The lowest BCUT2D eigenvalue weighted by Gasteiger charge is -2.12. The van der Waals surface area contributed by atoms with Crippen LogP contribution in [0, 0.1) is 11.6 Å². The fourth-order valence-electron chi connectivity index (χ4n) is 1.54. The molecule has 0 radical (unpaired) electrons. The predicted molar refractivity (Wildman–Crippen MR) is 72.6 cm³/mol. The second kappa shape index (κ2) is 5.55. The van der Waals surface area contributed by atoms with Gasteiger partial charge in [-0.1, -0.05) is 0 Å². The van der Waals surface area contributed by atoms with Gasteiger partial charge in [-0.15, -0.1) is 22.9 Å². The molecule has 0 aliphatic rings. The molecule has 0 saturated carbocycles. The third-order valence-corrected chi connectivity index (χ3v) is 4.57. The zero-order valence-electron chi connectivity index (χ0n) is 9.22. The molecule has 18 heavy (non-hydrogen) atoms. The molecule has 0 aliphatic heterocycles. The molecular formula is C12H8BrClF2OS. The smallest absolute Gasteiger partial charge is 0.137 e. The number of ether oxygens (including phenoxy) is 1. The molecule has 0 saturated heterocycles. The Bertz CT molecular complexity index is 573. The molecule has 2 rings (SSSR count). The minimum atomic E-state index is -0.775. The molecule has 1 atom stereocenters. The van der Waals surface area contributed by atoms with Gasteiger partial charge in [0.25, 0.3) is 0 Å². The van der Waals surface area contributed by atoms with Crippen molar-refractivity contribution in [3.05, 3.63) is 50.1 Å². The normalized spacial score (nSPS) is 12.5. The first-order chi connectivity index (χ1) is 8.54. The average Bonchev–Trinajstić information content (AvgIpc) is 2.81. The number of alkyl halides is 1. The maximum atomic E-state index is 13.8. The summed E-state index contributed by atoms with van der Waals surface area (Å²) in [6.45, 7) is 0. The highest BCUT2D eigenvalue weighted by molar-refractivity contribution is 9.10. The zero-order chi connectivity index (χ0) is 13.3. The summed E-state index contributed by atoms with van der Waals surface area (Å²) in [6, 6.07) is 3.90. The van der Waals surface area contributed by atoms with Crippen molar-refractivity contribution in [3.63, 3.8) is 0 Å². The summed E-state index contributed by atoms with van der Waals surface area (Å²) in [4.78, 5) is 0.653. The van der Waals surface area contributed by atoms with Crippen molar-refractivity contribution in [1.29, 1.82) is 0 Å². The quantitative estimate of drug-likeness (QED) is 0.549. The Labute approximate surface area is 120 Å². The highest BCUT2D eigenvalue weighted by Gasteiger charge is 2.22. The highest BCUT2D eigenvalue weighted by Crippen LogP contribution is 2.40. The lowest BCUT2D eigenvalue weighted by Crippen LogP contribution is -1.98. The van der Waals surface area contributed by atoms with Gasteiger partial charge < -0.3 is 4.74 Å². The summed E-state index contributed by atoms with van der Waals surface area (Å²) in [5.41, 5.74) is 0.0955. The topological polar surface area (TPSA) is 9.23 Å². The summed E-state index contributed by atoms with van der Waals surface area (Å²) in [6.07, 6.45) is 0. The maximum Gasteiger partial charge on any atom is 0.137 e. The number of hydrogen-bond donors (Lipinski definition) is 0. The highest BCUT2D eigenvalue weighted by atomic mass is 79.9. The molecule has 96 valence electrons. The molecule has 1 aromatic carbocycles. The third kappa shape index (κ3) is 2.53. The minimum absolute atomic E-state index is 0.0748. The van der Waals surface area contributed by atoms with E-state index in [0.29, 0.717) is 10.6 Å². The Hall–Kier alpha value is -0.650. The number of thiophene rings is 1. The van der Waals surface area contributed by atoms with E-state index in [1.165, 1.54) is 18.4 Å². The molecule has 0 bridgehead atoms. The molecule has 0 aliphatic carbocycles. The Kier molecular flexibility index (Phi) is 4.25. The van der Waals surface area contributed by atoms with Crippen molar-refractivity contribution in [2.75, 3.05) is 7.11 Å². The van der Waals surface area contributed by atoms with Gasteiger partial charge in [-0.05, 0) is 39.5 Å².